The standard InChI is InChI=1S/C13H22N2S/c1-3-5-6-13-15-11(4-2)12(16-13)9-14-10-7-8-10/h10,14H,3-9H2,1-2H3. The molecule has 1 heterocycles. The van der Waals surface area contributed by atoms with Gasteiger partial charge >= 0.3 is 0 Å². The lowest BCUT2D eigenvalue weighted by Gasteiger charge is -2.00. The zero-order valence-corrected chi connectivity index (χ0v) is 11.2. The number of thiazole rings is 1. The lowest BCUT2D eigenvalue weighted by atomic mass is 10.2. The van der Waals surface area contributed by atoms with Gasteiger partial charge in [0.05, 0.1) is 10.7 Å². The first kappa shape index (κ1) is 12.1. The Bertz CT molecular complexity index is 329. The molecule has 2 nitrogen and oxygen atoms in total. The number of hydrogen-bond acceptors (Lipinski definition) is 3. The number of aromatic nitrogens is 1. The maximum Gasteiger partial charge on any atom is 0.0931 e. The van der Waals surface area contributed by atoms with Gasteiger partial charge in [-0.2, -0.15) is 0 Å². The minimum atomic E-state index is 0.797. The zero-order valence-electron chi connectivity index (χ0n) is 10.4. The summed E-state index contributed by atoms with van der Waals surface area (Å²) in [5, 5.41) is 4.93. The molecule has 1 aromatic rings. The van der Waals surface area contributed by atoms with E-state index in [1.54, 1.807) is 0 Å². The molecule has 1 aliphatic rings. The largest absolute Gasteiger partial charge is 0.309 e. The van der Waals surface area contributed by atoms with Gasteiger partial charge in [0.2, 0.25) is 0 Å². The summed E-state index contributed by atoms with van der Waals surface area (Å²) in [6.45, 7) is 5.49. The Morgan fingerprint density at radius 2 is 2.19 bits per heavy atom. The molecule has 0 aromatic carbocycles. The third-order valence-corrected chi connectivity index (χ3v) is 4.19. The SMILES string of the molecule is CCCCc1nc(CC)c(CNC2CC2)s1. The summed E-state index contributed by atoms with van der Waals surface area (Å²) < 4.78 is 0. The van der Waals surface area contributed by atoms with Gasteiger partial charge in [-0.3, -0.25) is 0 Å². The molecule has 1 N–H and O–H groups in total. The van der Waals surface area contributed by atoms with Gasteiger partial charge < -0.3 is 5.32 Å². The minimum absolute atomic E-state index is 0.797. The van der Waals surface area contributed by atoms with Crippen molar-refractivity contribution in [2.75, 3.05) is 0 Å². The third-order valence-electron chi connectivity index (χ3n) is 3.03. The molecule has 90 valence electrons. The van der Waals surface area contributed by atoms with Gasteiger partial charge in [-0.25, -0.2) is 4.98 Å². The van der Waals surface area contributed by atoms with Crippen LogP contribution in [-0.2, 0) is 19.4 Å². The van der Waals surface area contributed by atoms with Crippen molar-refractivity contribution >= 4 is 11.3 Å². The van der Waals surface area contributed by atoms with E-state index in [9.17, 15) is 0 Å². The van der Waals surface area contributed by atoms with E-state index in [1.807, 2.05) is 11.3 Å². The number of unbranched alkanes of at least 4 members (excludes halogenated alkanes) is 1. The first-order valence-corrected chi connectivity index (χ1v) is 7.36. The Kier molecular flexibility index (Phi) is 4.36. The van der Waals surface area contributed by atoms with E-state index in [-0.39, 0.29) is 0 Å². The molecule has 1 saturated carbocycles. The van der Waals surface area contributed by atoms with E-state index in [1.165, 1.54) is 41.3 Å². The van der Waals surface area contributed by atoms with Crippen LogP contribution < -0.4 is 5.32 Å². The number of nitrogens with one attached hydrogen (secondary N) is 1. The average Bonchev–Trinajstić information content (AvgIpc) is 3.04. The van der Waals surface area contributed by atoms with Gasteiger partial charge in [0.25, 0.3) is 0 Å². The fraction of sp³-hybridized carbons (Fsp3) is 0.769. The molecular formula is C13H22N2S. The topological polar surface area (TPSA) is 24.9 Å². The van der Waals surface area contributed by atoms with Crippen LogP contribution >= 0.6 is 11.3 Å². The van der Waals surface area contributed by atoms with Crippen LogP contribution in [-0.4, -0.2) is 11.0 Å². The first-order valence-electron chi connectivity index (χ1n) is 6.54. The van der Waals surface area contributed by atoms with Crippen molar-refractivity contribution in [3.63, 3.8) is 0 Å². The van der Waals surface area contributed by atoms with Crippen molar-refractivity contribution in [3.8, 4) is 0 Å². The number of rotatable bonds is 7. The highest BCUT2D eigenvalue weighted by atomic mass is 32.1. The van der Waals surface area contributed by atoms with Gasteiger partial charge in [-0.15, -0.1) is 11.3 Å². The summed E-state index contributed by atoms with van der Waals surface area (Å²) in [5.41, 5.74) is 1.32. The van der Waals surface area contributed by atoms with E-state index in [0.29, 0.717) is 0 Å². The number of nitrogens with zero attached hydrogens (tertiary/aromatic N) is 1. The summed E-state index contributed by atoms with van der Waals surface area (Å²) >= 11 is 1.92. The molecule has 0 radical (unpaired) electrons. The van der Waals surface area contributed by atoms with Gasteiger partial charge in [-0.1, -0.05) is 20.3 Å². The normalized spacial score (nSPS) is 15.6. The molecule has 0 saturated heterocycles. The predicted molar refractivity (Wildman–Crippen MR) is 70.0 cm³/mol. The molecular weight excluding hydrogens is 216 g/mol. The van der Waals surface area contributed by atoms with E-state index >= 15 is 0 Å². The monoisotopic (exact) mass is 238 g/mol. The maximum absolute atomic E-state index is 4.74. The van der Waals surface area contributed by atoms with Crippen LogP contribution in [0.4, 0.5) is 0 Å². The van der Waals surface area contributed by atoms with Gasteiger partial charge in [-0.05, 0) is 32.1 Å². The minimum Gasteiger partial charge on any atom is -0.309 e. The smallest absolute Gasteiger partial charge is 0.0931 e. The first-order chi connectivity index (χ1) is 7.83. The number of hydrogen-bond donors (Lipinski definition) is 1. The second kappa shape index (κ2) is 5.78. The van der Waals surface area contributed by atoms with E-state index in [2.05, 4.69) is 19.2 Å². The molecule has 1 aliphatic carbocycles. The summed E-state index contributed by atoms with van der Waals surface area (Å²) in [5.74, 6) is 0. The van der Waals surface area contributed by atoms with Crippen molar-refractivity contribution in [2.24, 2.45) is 0 Å². The Balaban J connectivity index is 1.93. The maximum atomic E-state index is 4.74. The Morgan fingerprint density at radius 3 is 2.81 bits per heavy atom. The van der Waals surface area contributed by atoms with Gasteiger partial charge in [0.1, 0.15) is 0 Å². The second-order valence-corrected chi connectivity index (χ2v) is 5.76. The summed E-state index contributed by atoms with van der Waals surface area (Å²) in [6, 6.07) is 0.797. The Hall–Kier alpha value is -0.410. The molecule has 0 amide bonds. The van der Waals surface area contributed by atoms with Crippen molar-refractivity contribution in [2.45, 2.75) is 65.0 Å². The van der Waals surface area contributed by atoms with E-state index < -0.39 is 0 Å². The third kappa shape index (κ3) is 3.29. The van der Waals surface area contributed by atoms with Crippen LogP contribution in [0.2, 0.25) is 0 Å². The summed E-state index contributed by atoms with van der Waals surface area (Å²) in [6.07, 6.45) is 7.50. The Morgan fingerprint density at radius 1 is 1.38 bits per heavy atom. The summed E-state index contributed by atoms with van der Waals surface area (Å²) in [7, 11) is 0. The molecule has 0 bridgehead atoms. The van der Waals surface area contributed by atoms with E-state index in [4.69, 9.17) is 4.98 Å². The predicted octanol–water partition coefficient (Wildman–Crippen LogP) is 3.30. The molecule has 0 unspecified atom stereocenters. The Labute approximate surface area is 102 Å². The van der Waals surface area contributed by atoms with Crippen LogP contribution in [0.25, 0.3) is 0 Å². The van der Waals surface area contributed by atoms with E-state index in [0.717, 1.165) is 25.4 Å². The van der Waals surface area contributed by atoms with Crippen LogP contribution in [0, 0.1) is 0 Å². The van der Waals surface area contributed by atoms with Crippen LogP contribution in [0.15, 0.2) is 0 Å². The van der Waals surface area contributed by atoms with Crippen molar-refractivity contribution in [1.82, 2.24) is 10.3 Å². The van der Waals surface area contributed by atoms with Crippen molar-refractivity contribution < 1.29 is 0 Å². The van der Waals surface area contributed by atoms with Crippen LogP contribution in [0.1, 0.15) is 55.1 Å². The molecule has 2 rings (SSSR count). The lowest BCUT2D eigenvalue weighted by Crippen LogP contribution is -2.15. The second-order valence-electron chi connectivity index (χ2n) is 4.59. The quantitative estimate of drug-likeness (QED) is 0.788. The molecule has 16 heavy (non-hydrogen) atoms. The van der Waals surface area contributed by atoms with Crippen molar-refractivity contribution in [1.29, 1.82) is 0 Å². The highest BCUT2D eigenvalue weighted by Gasteiger charge is 2.21. The summed E-state index contributed by atoms with van der Waals surface area (Å²) in [4.78, 5) is 6.22. The fourth-order valence-corrected chi connectivity index (χ4v) is 2.96. The highest BCUT2D eigenvalue weighted by molar-refractivity contribution is 7.11. The van der Waals surface area contributed by atoms with Gasteiger partial charge in [0, 0.05) is 17.5 Å². The highest BCUT2D eigenvalue weighted by Crippen LogP contribution is 2.24. The lowest BCUT2D eigenvalue weighted by molar-refractivity contribution is 0.689. The zero-order chi connectivity index (χ0) is 11.4. The molecule has 3 heteroatoms. The molecule has 1 aromatic heterocycles. The molecule has 0 spiro atoms. The van der Waals surface area contributed by atoms with Crippen LogP contribution in [0.5, 0.6) is 0 Å². The van der Waals surface area contributed by atoms with Crippen molar-refractivity contribution in [3.05, 3.63) is 15.6 Å². The fourth-order valence-electron chi connectivity index (χ4n) is 1.81. The molecule has 1 fully saturated rings. The average molecular weight is 238 g/mol. The number of aryl methyl sites for hydroxylation is 2. The van der Waals surface area contributed by atoms with Gasteiger partial charge in [0.15, 0.2) is 0 Å². The molecule has 0 aliphatic heterocycles. The van der Waals surface area contributed by atoms with Crippen LogP contribution in [0.3, 0.4) is 0 Å². The molecule has 0 atom stereocenters.